The van der Waals surface area contributed by atoms with Crippen LogP contribution in [0.1, 0.15) is 264 Å². The molecular formula is C91H120N2O4. The highest BCUT2D eigenvalue weighted by Crippen LogP contribution is 2.54. The molecule has 6 heteroatoms. The van der Waals surface area contributed by atoms with Gasteiger partial charge in [0, 0.05) is 55.7 Å². The van der Waals surface area contributed by atoms with Gasteiger partial charge in [0.25, 0.3) is 0 Å². The Balaban J connectivity index is 1.13. The highest BCUT2D eigenvalue weighted by atomic mass is 16.6. The summed E-state index contributed by atoms with van der Waals surface area (Å²) in [5, 5.41) is 32.7. The van der Waals surface area contributed by atoms with Crippen LogP contribution in [-0.2, 0) is 42.6 Å². The van der Waals surface area contributed by atoms with E-state index in [1.807, 2.05) is 0 Å². The minimum absolute atomic E-state index is 0.0127. The molecule has 0 saturated heterocycles. The summed E-state index contributed by atoms with van der Waals surface area (Å²) in [6.45, 7) is 64.7. The van der Waals surface area contributed by atoms with Gasteiger partial charge in [0.1, 0.15) is 17.5 Å². The van der Waals surface area contributed by atoms with Gasteiger partial charge in [-0.1, -0.05) is 255 Å². The van der Waals surface area contributed by atoms with E-state index in [1.54, 1.807) is 0 Å². The van der Waals surface area contributed by atoms with E-state index < -0.39 is 11.8 Å². The van der Waals surface area contributed by atoms with Gasteiger partial charge in [0.2, 0.25) is 5.79 Å². The Bertz CT molecular complexity index is 4380. The SMILES string of the molecule is CC(C)(C)CC(C)(C)C1=CC(n2c3ccc(C(C)(C)C)cc3c3cc(C(C)(C)C)ccc32)C(O)(OCCCOc2ccc(C(C)(C)C)cc2-c2cc(C(C)(C)CC(C)(C)C)cc(-n3c4ccc(C(C)(C)C)cc4c4cc(C(C)(C)C)ccc43)c2O)C(c2cccc(C(C)(C)C)c2)=C1. The Morgan fingerprint density at radius 3 is 1.27 bits per heavy atom. The van der Waals surface area contributed by atoms with Crippen molar-refractivity contribution in [1.82, 2.24) is 9.13 Å². The van der Waals surface area contributed by atoms with E-state index in [2.05, 4.69) is 343 Å². The lowest BCUT2D eigenvalue weighted by molar-refractivity contribution is -0.179. The number of hydrogen-bond donors (Lipinski definition) is 2. The highest BCUT2D eigenvalue weighted by molar-refractivity contribution is 6.11. The van der Waals surface area contributed by atoms with Crippen molar-refractivity contribution < 1.29 is 19.7 Å². The fourth-order valence-corrected chi connectivity index (χ4v) is 15.6. The zero-order valence-corrected chi connectivity index (χ0v) is 65.0. The van der Waals surface area contributed by atoms with E-state index in [0.717, 1.165) is 84.8 Å². The summed E-state index contributed by atoms with van der Waals surface area (Å²) >= 11 is 0. The Hall–Kier alpha value is -6.86. The summed E-state index contributed by atoms with van der Waals surface area (Å²) in [6.07, 6.45) is 6.89. The number of hydrogen-bond acceptors (Lipinski definition) is 4. The van der Waals surface area contributed by atoms with Crippen LogP contribution in [-0.4, -0.2) is 38.3 Å². The topological polar surface area (TPSA) is 68.8 Å². The normalized spacial score (nSPS) is 16.9. The molecular weight excluding hydrogens is 1190 g/mol. The Kier molecular flexibility index (Phi) is 18.6. The van der Waals surface area contributed by atoms with Crippen molar-refractivity contribution in [3.8, 4) is 28.3 Å². The third-order valence-corrected chi connectivity index (χ3v) is 20.6. The van der Waals surface area contributed by atoms with Gasteiger partial charge in [-0.2, -0.15) is 0 Å². The van der Waals surface area contributed by atoms with Gasteiger partial charge in [-0.3, -0.25) is 0 Å². The minimum Gasteiger partial charge on any atom is -0.505 e. The molecule has 2 atom stereocenters. The molecule has 10 rings (SSSR count). The van der Waals surface area contributed by atoms with E-state index in [1.165, 1.54) is 44.2 Å². The van der Waals surface area contributed by atoms with Gasteiger partial charge in [0.15, 0.2) is 0 Å². The molecule has 7 aromatic carbocycles. The molecule has 0 saturated carbocycles. The molecule has 0 amide bonds. The summed E-state index contributed by atoms with van der Waals surface area (Å²) in [4.78, 5) is 0. The quantitative estimate of drug-likeness (QED) is 0.0841. The average molecular weight is 1310 g/mol. The summed E-state index contributed by atoms with van der Waals surface area (Å²) in [5.41, 5.74) is 16.5. The number of phenols is 1. The molecule has 2 heterocycles. The number of benzene rings is 7. The highest BCUT2D eigenvalue weighted by Gasteiger charge is 2.48. The van der Waals surface area contributed by atoms with Crippen LogP contribution in [0.3, 0.4) is 0 Å². The summed E-state index contributed by atoms with van der Waals surface area (Å²) in [7, 11) is 0. The number of fused-ring (bicyclic) bond motifs is 6. The predicted octanol–water partition coefficient (Wildman–Crippen LogP) is 25.0. The van der Waals surface area contributed by atoms with Crippen LogP contribution in [0.4, 0.5) is 0 Å². The second-order valence-electron chi connectivity index (χ2n) is 38.9. The zero-order valence-electron chi connectivity index (χ0n) is 65.0. The molecule has 2 N–H and O–H groups in total. The van der Waals surface area contributed by atoms with Gasteiger partial charge in [-0.15, -0.1) is 0 Å². The molecule has 1 aliphatic rings. The number of ether oxygens (including phenoxy) is 2. The van der Waals surface area contributed by atoms with Crippen LogP contribution in [0.25, 0.3) is 66.0 Å². The van der Waals surface area contributed by atoms with Crippen molar-refractivity contribution in [2.45, 2.75) is 263 Å². The number of allylic oxidation sites excluding steroid dienone is 2. The lowest BCUT2D eigenvalue weighted by Crippen LogP contribution is -2.45. The molecule has 1 aliphatic carbocycles. The van der Waals surface area contributed by atoms with Gasteiger partial charge in [-0.25, -0.2) is 0 Å². The van der Waals surface area contributed by atoms with Crippen molar-refractivity contribution >= 4 is 49.2 Å². The summed E-state index contributed by atoms with van der Waals surface area (Å²) < 4.78 is 19.3. The van der Waals surface area contributed by atoms with Crippen LogP contribution in [0.2, 0.25) is 0 Å². The first-order chi connectivity index (χ1) is 44.4. The first kappa shape index (κ1) is 72.9. The average Bonchev–Trinajstić information content (AvgIpc) is 1.68. The molecule has 0 fully saturated rings. The lowest BCUT2D eigenvalue weighted by Gasteiger charge is -2.44. The van der Waals surface area contributed by atoms with Crippen molar-refractivity contribution in [2.24, 2.45) is 16.2 Å². The second kappa shape index (κ2) is 24.8. The largest absolute Gasteiger partial charge is 0.505 e. The Morgan fingerprint density at radius 2 is 0.814 bits per heavy atom. The van der Waals surface area contributed by atoms with Crippen LogP contribution >= 0.6 is 0 Å². The molecule has 6 nitrogen and oxygen atoms in total. The van der Waals surface area contributed by atoms with E-state index in [-0.39, 0.29) is 73.1 Å². The van der Waals surface area contributed by atoms with Gasteiger partial charge < -0.3 is 28.8 Å². The number of rotatable bonds is 14. The van der Waals surface area contributed by atoms with E-state index in [0.29, 0.717) is 12.2 Å². The number of aromatic hydroxyl groups is 1. The Morgan fingerprint density at radius 1 is 0.412 bits per heavy atom. The van der Waals surface area contributed by atoms with Crippen LogP contribution in [0.5, 0.6) is 11.5 Å². The Labute approximate surface area is 585 Å². The molecule has 0 spiro atoms. The third kappa shape index (κ3) is 14.9. The minimum atomic E-state index is -1.86. The maximum atomic E-state index is 14.5. The third-order valence-electron chi connectivity index (χ3n) is 20.6. The monoisotopic (exact) mass is 1300 g/mol. The fraction of sp³-hybridized carbons (Fsp3) is 0.495. The summed E-state index contributed by atoms with van der Waals surface area (Å²) in [6, 6.07) is 46.8. The van der Waals surface area contributed by atoms with Crippen molar-refractivity contribution in [2.75, 3.05) is 13.2 Å². The zero-order chi connectivity index (χ0) is 71.7. The molecule has 518 valence electrons. The standard InChI is InChI=1S/C91H120N2O4/c1-81(2,3)55-89(25,26)64-51-71(80(94)77(53-64)92-73-38-33-59(84(10,11)12)46-66(73)67-47-60(85(13,14)15)34-39-74(67)92)70-50-63(88(22,23)24)37-42-78(70)96-43-30-44-97-91(95)72(57-31-29-32-58(45-57)83(7,8)9)52-65(90(27,28)56-82(4,5)6)54-79(91)93-75-40-35-61(86(16,17)18)48-68(75)69-49-62(87(19,20)21)36-41-76(69)93/h29,31-42,45-54,79,94-95H,30,43-44,55-56H2,1-28H3. The fourth-order valence-electron chi connectivity index (χ4n) is 15.6. The number of nitrogens with zero attached hydrogens (tertiary/aromatic N) is 2. The van der Waals surface area contributed by atoms with E-state index in [9.17, 15) is 10.2 Å². The van der Waals surface area contributed by atoms with Gasteiger partial charge in [-0.05, 0) is 196 Å². The van der Waals surface area contributed by atoms with Crippen LogP contribution < -0.4 is 4.74 Å². The lowest BCUT2D eigenvalue weighted by atomic mass is 9.68. The summed E-state index contributed by atoms with van der Waals surface area (Å²) in [5.74, 6) is -0.996. The first-order valence-corrected chi connectivity index (χ1v) is 36.1. The number of aliphatic hydroxyl groups is 1. The van der Waals surface area contributed by atoms with Crippen LogP contribution in [0.15, 0.2) is 145 Å². The predicted molar refractivity (Wildman–Crippen MR) is 417 cm³/mol. The maximum Gasteiger partial charge on any atom is 0.218 e. The van der Waals surface area contributed by atoms with E-state index >= 15 is 0 Å². The van der Waals surface area contributed by atoms with Crippen molar-refractivity contribution in [1.29, 1.82) is 0 Å². The maximum absolute atomic E-state index is 14.5. The molecule has 0 aliphatic heterocycles. The molecule has 0 radical (unpaired) electrons. The molecule has 2 unspecified atom stereocenters. The molecule has 2 aromatic heterocycles. The van der Waals surface area contributed by atoms with E-state index in [4.69, 9.17) is 9.47 Å². The van der Waals surface area contributed by atoms with Crippen molar-refractivity contribution in [3.63, 3.8) is 0 Å². The van der Waals surface area contributed by atoms with Crippen molar-refractivity contribution in [3.05, 3.63) is 190 Å². The van der Waals surface area contributed by atoms with Crippen LogP contribution in [0, 0.1) is 16.2 Å². The molecule has 0 bridgehead atoms. The second-order valence-corrected chi connectivity index (χ2v) is 38.9. The number of phenolic OH excluding ortho intramolecular Hbond substituents is 1. The number of aromatic nitrogens is 2. The molecule has 9 aromatic rings. The van der Waals surface area contributed by atoms with Gasteiger partial charge in [0.05, 0.1) is 29.9 Å². The van der Waals surface area contributed by atoms with Gasteiger partial charge >= 0.3 is 0 Å². The molecule has 97 heavy (non-hydrogen) atoms. The first-order valence-electron chi connectivity index (χ1n) is 36.1. The smallest absolute Gasteiger partial charge is 0.218 e.